The maximum Gasteiger partial charge on any atom is 0.264 e. The van der Waals surface area contributed by atoms with Gasteiger partial charge in [-0.3, -0.25) is 4.79 Å². The van der Waals surface area contributed by atoms with Crippen molar-refractivity contribution in [3.05, 3.63) is 40.7 Å². The normalized spacial score (nSPS) is 17.5. The van der Waals surface area contributed by atoms with Gasteiger partial charge in [0.05, 0.1) is 20.8 Å². The molecule has 1 amide bonds. The molecule has 0 aromatic carbocycles. The van der Waals surface area contributed by atoms with E-state index >= 15 is 0 Å². The van der Waals surface area contributed by atoms with Crippen LogP contribution in [0.3, 0.4) is 0 Å². The summed E-state index contributed by atoms with van der Waals surface area (Å²) in [5, 5.41) is 7.71. The van der Waals surface area contributed by atoms with Crippen LogP contribution in [-0.2, 0) is 0 Å². The van der Waals surface area contributed by atoms with Gasteiger partial charge in [0.15, 0.2) is 5.65 Å². The lowest BCUT2D eigenvalue weighted by molar-refractivity contribution is 0.0714. The Balaban J connectivity index is 1.58. The number of piperazine rings is 1. The van der Waals surface area contributed by atoms with E-state index in [0.29, 0.717) is 12.0 Å². The minimum Gasteiger partial charge on any atom is -0.354 e. The van der Waals surface area contributed by atoms with Gasteiger partial charge in [-0.1, -0.05) is 13.8 Å². The van der Waals surface area contributed by atoms with E-state index < -0.39 is 0 Å². The summed E-state index contributed by atoms with van der Waals surface area (Å²) in [5.74, 6) is 0.454. The average molecular weight is 423 g/mol. The van der Waals surface area contributed by atoms with E-state index in [9.17, 15) is 4.79 Å². The summed E-state index contributed by atoms with van der Waals surface area (Å²) in [6, 6.07) is 4.50. The first-order valence-corrected chi connectivity index (χ1v) is 11.2. The molecule has 0 radical (unpaired) electrons. The number of hydrogen-bond donors (Lipinski definition) is 2. The Labute approximate surface area is 179 Å². The summed E-state index contributed by atoms with van der Waals surface area (Å²) < 4.78 is 2.99. The van der Waals surface area contributed by atoms with Gasteiger partial charge < -0.3 is 15.2 Å². The largest absolute Gasteiger partial charge is 0.354 e. The zero-order chi connectivity index (χ0) is 21.0. The molecule has 0 spiro atoms. The fourth-order valence-electron chi connectivity index (χ4n) is 4.39. The van der Waals surface area contributed by atoms with Gasteiger partial charge in [0.25, 0.3) is 5.91 Å². The molecule has 0 bridgehead atoms. The fraction of sp³-hybridized carbons (Fsp3) is 0.409. The predicted molar refractivity (Wildman–Crippen MR) is 120 cm³/mol. The molecule has 7 nitrogen and oxygen atoms in total. The van der Waals surface area contributed by atoms with Gasteiger partial charge in [-0.05, 0) is 43.0 Å². The molecule has 156 valence electrons. The number of pyridine rings is 1. The zero-order valence-electron chi connectivity index (χ0n) is 17.7. The van der Waals surface area contributed by atoms with Gasteiger partial charge in [-0.25, -0.2) is 9.50 Å². The van der Waals surface area contributed by atoms with Crippen LogP contribution in [0.25, 0.3) is 27.1 Å². The number of carbonyl (C=O) groups is 1. The first-order chi connectivity index (χ1) is 14.4. The van der Waals surface area contributed by atoms with Gasteiger partial charge >= 0.3 is 0 Å². The molecule has 0 unspecified atom stereocenters. The Morgan fingerprint density at radius 3 is 2.93 bits per heavy atom. The van der Waals surface area contributed by atoms with Crippen molar-refractivity contribution in [1.82, 2.24) is 29.8 Å². The minimum absolute atomic E-state index is 0.133. The van der Waals surface area contributed by atoms with Gasteiger partial charge in [0.2, 0.25) is 0 Å². The van der Waals surface area contributed by atoms with Crippen LogP contribution in [0, 0.1) is 6.92 Å². The van der Waals surface area contributed by atoms with Gasteiger partial charge in [-0.2, -0.15) is 5.10 Å². The molecule has 1 atom stereocenters. The molecule has 0 aliphatic carbocycles. The number of thiophene rings is 1. The van der Waals surface area contributed by atoms with E-state index in [0.717, 1.165) is 52.5 Å². The number of aromatic nitrogens is 4. The summed E-state index contributed by atoms with van der Waals surface area (Å²) in [6.07, 6.45) is 3.60. The monoisotopic (exact) mass is 422 g/mol. The summed E-state index contributed by atoms with van der Waals surface area (Å²) >= 11 is 1.60. The third-order valence-electron chi connectivity index (χ3n) is 5.80. The molecule has 1 aliphatic rings. The number of amides is 1. The Morgan fingerprint density at radius 1 is 1.33 bits per heavy atom. The number of H-pyrrole nitrogens is 1. The Hall–Kier alpha value is -2.71. The molecule has 1 aliphatic heterocycles. The van der Waals surface area contributed by atoms with Crippen LogP contribution in [-0.4, -0.2) is 56.1 Å². The van der Waals surface area contributed by atoms with Crippen molar-refractivity contribution in [3.8, 4) is 11.3 Å². The number of rotatable bonds is 3. The van der Waals surface area contributed by atoms with Crippen LogP contribution in [0.4, 0.5) is 0 Å². The lowest BCUT2D eigenvalue weighted by Gasteiger charge is -2.31. The van der Waals surface area contributed by atoms with Crippen molar-refractivity contribution in [2.45, 2.75) is 39.7 Å². The molecular formula is C22H26N6OS. The second kappa shape index (κ2) is 7.21. The molecule has 2 N–H and O–H groups in total. The first-order valence-electron chi connectivity index (χ1n) is 10.4. The molecule has 1 fully saturated rings. The number of hydrogen-bond acceptors (Lipinski definition) is 5. The lowest BCUT2D eigenvalue weighted by atomic mass is 9.99. The second-order valence-electron chi connectivity index (χ2n) is 8.47. The molecular weight excluding hydrogens is 396 g/mol. The van der Waals surface area contributed by atoms with E-state index in [1.165, 1.54) is 10.3 Å². The topological polar surface area (TPSA) is 78.3 Å². The van der Waals surface area contributed by atoms with E-state index in [-0.39, 0.29) is 5.91 Å². The minimum atomic E-state index is 0.133. The highest BCUT2D eigenvalue weighted by molar-refractivity contribution is 7.21. The highest BCUT2D eigenvalue weighted by Crippen LogP contribution is 2.40. The van der Waals surface area contributed by atoms with Crippen LogP contribution < -0.4 is 5.32 Å². The predicted octanol–water partition coefficient (Wildman–Crippen LogP) is 3.80. The van der Waals surface area contributed by atoms with E-state index in [2.05, 4.69) is 54.1 Å². The number of carbonyl (C=O) groups excluding carboxylic acids is 1. The second-order valence-corrected chi connectivity index (χ2v) is 9.52. The highest BCUT2D eigenvalue weighted by atomic mass is 32.1. The summed E-state index contributed by atoms with van der Waals surface area (Å²) in [7, 11) is 0. The number of fused-ring (bicyclic) bond motifs is 2. The number of aryl methyl sites for hydroxylation is 1. The van der Waals surface area contributed by atoms with E-state index in [1.54, 1.807) is 17.7 Å². The van der Waals surface area contributed by atoms with Crippen molar-refractivity contribution < 1.29 is 4.79 Å². The van der Waals surface area contributed by atoms with Crippen molar-refractivity contribution >= 4 is 33.1 Å². The molecule has 5 heterocycles. The summed E-state index contributed by atoms with van der Waals surface area (Å²) in [4.78, 5) is 23.8. The molecule has 1 saturated heterocycles. The number of aromatic amines is 1. The molecule has 8 heteroatoms. The Morgan fingerprint density at radius 2 is 2.17 bits per heavy atom. The van der Waals surface area contributed by atoms with E-state index in [1.807, 2.05) is 21.7 Å². The van der Waals surface area contributed by atoms with E-state index in [4.69, 9.17) is 0 Å². The third kappa shape index (κ3) is 3.11. The van der Waals surface area contributed by atoms with Crippen molar-refractivity contribution in [3.63, 3.8) is 0 Å². The average Bonchev–Trinajstić information content (AvgIpc) is 3.40. The SMILES string of the molecule is Cc1cc(-c2[nH]c3cc(C(=O)N4CCN[C@H](C)C4)sc3c2C(C)C)cn2ncnc12. The molecule has 4 aromatic rings. The zero-order valence-corrected chi connectivity index (χ0v) is 18.5. The Bertz CT molecular complexity index is 1250. The van der Waals surface area contributed by atoms with Crippen molar-refractivity contribution in [2.75, 3.05) is 19.6 Å². The molecule has 4 aromatic heterocycles. The number of nitrogens with zero attached hydrogens (tertiary/aromatic N) is 4. The van der Waals surface area contributed by atoms with Gasteiger partial charge in [0, 0.05) is 37.4 Å². The smallest absolute Gasteiger partial charge is 0.264 e. The Kier molecular flexibility index (Phi) is 4.63. The van der Waals surface area contributed by atoms with Gasteiger partial charge in [0.1, 0.15) is 6.33 Å². The maximum absolute atomic E-state index is 13.1. The van der Waals surface area contributed by atoms with Crippen LogP contribution in [0.1, 0.15) is 47.5 Å². The van der Waals surface area contributed by atoms with Crippen molar-refractivity contribution in [2.24, 2.45) is 0 Å². The fourth-order valence-corrected chi connectivity index (χ4v) is 5.67. The van der Waals surface area contributed by atoms with Crippen LogP contribution >= 0.6 is 11.3 Å². The number of nitrogens with one attached hydrogen (secondary N) is 2. The van der Waals surface area contributed by atoms with Gasteiger partial charge in [-0.15, -0.1) is 11.3 Å². The third-order valence-corrected chi connectivity index (χ3v) is 6.95. The standard InChI is InChI=1S/C22H26N6OS/c1-12(2)18-19(15-7-13(3)21-24-11-25-28(21)10-15)26-16-8-17(30-20(16)18)22(29)27-6-5-23-14(4)9-27/h7-8,10-12,14,23,26H,5-6,9H2,1-4H3/t14-/m1/s1. The molecule has 30 heavy (non-hydrogen) atoms. The highest BCUT2D eigenvalue weighted by Gasteiger charge is 2.26. The van der Waals surface area contributed by atoms with Crippen molar-refractivity contribution in [1.29, 1.82) is 0 Å². The van der Waals surface area contributed by atoms with Crippen LogP contribution in [0.15, 0.2) is 24.7 Å². The summed E-state index contributed by atoms with van der Waals surface area (Å²) in [5.41, 5.74) is 6.42. The maximum atomic E-state index is 13.1. The molecule has 5 rings (SSSR count). The lowest BCUT2D eigenvalue weighted by Crippen LogP contribution is -2.51. The quantitative estimate of drug-likeness (QED) is 0.526. The van der Waals surface area contributed by atoms with Crippen LogP contribution in [0.5, 0.6) is 0 Å². The molecule has 0 saturated carbocycles. The van der Waals surface area contributed by atoms with Crippen LogP contribution in [0.2, 0.25) is 0 Å². The summed E-state index contributed by atoms with van der Waals surface area (Å²) in [6.45, 7) is 10.9. The first kappa shape index (κ1) is 19.3.